The lowest BCUT2D eigenvalue weighted by Crippen LogP contribution is -2.49. The number of ether oxygens (including phenoxy) is 2. The molecule has 1 amide bonds. The van der Waals surface area contributed by atoms with Crippen LogP contribution in [0, 0.1) is 5.41 Å². The highest BCUT2D eigenvalue weighted by Gasteiger charge is 2.42. The summed E-state index contributed by atoms with van der Waals surface area (Å²) in [6.07, 6.45) is 6.32. The van der Waals surface area contributed by atoms with Gasteiger partial charge in [0.05, 0.1) is 18.1 Å². The van der Waals surface area contributed by atoms with Gasteiger partial charge in [-0.05, 0) is 25.7 Å². The SMILES string of the molecule is CN=C(NCCCOC1CCOC1)NCC1(C(=O)N(C)C)CCCC1. The smallest absolute Gasteiger partial charge is 0.230 e. The van der Waals surface area contributed by atoms with E-state index in [9.17, 15) is 4.79 Å². The second kappa shape index (κ2) is 9.97. The van der Waals surface area contributed by atoms with E-state index < -0.39 is 0 Å². The predicted octanol–water partition coefficient (Wildman–Crippen LogP) is 0.996. The standard InChI is InChI=1S/C18H34N4O3/c1-19-17(20-10-6-11-25-15-7-12-24-13-15)21-14-18(8-4-5-9-18)16(23)22(2)3/h15H,4-14H2,1-3H3,(H2,19,20,21). The van der Waals surface area contributed by atoms with Crippen LogP contribution in [-0.2, 0) is 14.3 Å². The first kappa shape index (κ1) is 20.0. The third-order valence-electron chi connectivity index (χ3n) is 5.09. The molecule has 144 valence electrons. The van der Waals surface area contributed by atoms with E-state index in [4.69, 9.17) is 9.47 Å². The number of nitrogens with one attached hydrogen (secondary N) is 2. The summed E-state index contributed by atoms with van der Waals surface area (Å²) in [7, 11) is 5.44. The average Bonchev–Trinajstić information content (AvgIpc) is 3.29. The number of carbonyl (C=O) groups excluding carboxylic acids is 1. The van der Waals surface area contributed by atoms with Crippen molar-refractivity contribution in [1.82, 2.24) is 15.5 Å². The van der Waals surface area contributed by atoms with E-state index in [1.54, 1.807) is 11.9 Å². The molecule has 0 aromatic carbocycles. The molecule has 0 aromatic heterocycles. The van der Waals surface area contributed by atoms with Crippen LogP contribution in [0.15, 0.2) is 4.99 Å². The number of hydrogen-bond donors (Lipinski definition) is 2. The van der Waals surface area contributed by atoms with Gasteiger partial charge in [-0.3, -0.25) is 9.79 Å². The number of rotatable bonds is 8. The van der Waals surface area contributed by atoms with Crippen molar-refractivity contribution in [3.63, 3.8) is 0 Å². The number of nitrogens with zero attached hydrogens (tertiary/aromatic N) is 2. The summed E-state index contributed by atoms with van der Waals surface area (Å²) in [6.45, 7) is 3.69. The van der Waals surface area contributed by atoms with Crippen molar-refractivity contribution in [2.75, 3.05) is 54.1 Å². The van der Waals surface area contributed by atoms with Crippen LogP contribution in [0.25, 0.3) is 0 Å². The van der Waals surface area contributed by atoms with E-state index >= 15 is 0 Å². The first-order valence-corrected chi connectivity index (χ1v) is 9.43. The van der Waals surface area contributed by atoms with Gasteiger partial charge in [-0.2, -0.15) is 0 Å². The molecule has 1 saturated carbocycles. The van der Waals surface area contributed by atoms with Crippen LogP contribution in [-0.4, -0.2) is 76.9 Å². The third-order valence-corrected chi connectivity index (χ3v) is 5.09. The highest BCUT2D eigenvalue weighted by atomic mass is 16.5. The zero-order chi connectivity index (χ0) is 18.1. The van der Waals surface area contributed by atoms with Crippen LogP contribution in [0.2, 0.25) is 0 Å². The first-order chi connectivity index (χ1) is 12.1. The predicted molar refractivity (Wildman–Crippen MR) is 98.8 cm³/mol. The Kier molecular flexibility index (Phi) is 7.96. The van der Waals surface area contributed by atoms with Crippen molar-refractivity contribution in [3.05, 3.63) is 0 Å². The van der Waals surface area contributed by atoms with Gasteiger partial charge in [-0.15, -0.1) is 0 Å². The summed E-state index contributed by atoms with van der Waals surface area (Å²) in [4.78, 5) is 18.6. The summed E-state index contributed by atoms with van der Waals surface area (Å²) in [5, 5.41) is 6.66. The first-order valence-electron chi connectivity index (χ1n) is 9.43. The molecule has 25 heavy (non-hydrogen) atoms. The van der Waals surface area contributed by atoms with Crippen molar-refractivity contribution in [2.45, 2.75) is 44.6 Å². The van der Waals surface area contributed by atoms with E-state index in [1.165, 1.54) is 0 Å². The van der Waals surface area contributed by atoms with Gasteiger partial charge < -0.3 is 25.0 Å². The van der Waals surface area contributed by atoms with Crippen molar-refractivity contribution in [2.24, 2.45) is 10.4 Å². The monoisotopic (exact) mass is 354 g/mol. The van der Waals surface area contributed by atoms with Gasteiger partial charge in [0, 0.05) is 47.4 Å². The molecule has 1 aliphatic heterocycles. The normalized spacial score (nSPS) is 22.8. The van der Waals surface area contributed by atoms with Crippen LogP contribution in [0.4, 0.5) is 0 Å². The lowest BCUT2D eigenvalue weighted by atomic mass is 9.84. The fourth-order valence-corrected chi connectivity index (χ4v) is 3.64. The van der Waals surface area contributed by atoms with Crippen LogP contribution in [0.3, 0.4) is 0 Å². The maximum absolute atomic E-state index is 12.6. The van der Waals surface area contributed by atoms with Gasteiger partial charge in [0.15, 0.2) is 5.96 Å². The fraction of sp³-hybridized carbons (Fsp3) is 0.889. The van der Waals surface area contributed by atoms with Crippen LogP contribution < -0.4 is 10.6 Å². The van der Waals surface area contributed by atoms with Crippen LogP contribution in [0.1, 0.15) is 38.5 Å². The molecule has 1 aliphatic carbocycles. The third kappa shape index (κ3) is 5.85. The minimum absolute atomic E-state index is 0.222. The molecule has 2 N–H and O–H groups in total. The largest absolute Gasteiger partial charge is 0.379 e. The highest BCUT2D eigenvalue weighted by molar-refractivity contribution is 5.85. The Morgan fingerprint density at radius 3 is 2.68 bits per heavy atom. The second-order valence-electron chi connectivity index (χ2n) is 7.25. The average molecular weight is 354 g/mol. The summed E-state index contributed by atoms with van der Waals surface area (Å²) in [6, 6.07) is 0. The van der Waals surface area contributed by atoms with Gasteiger partial charge in [0.1, 0.15) is 0 Å². The molecule has 2 rings (SSSR count). The van der Waals surface area contributed by atoms with Gasteiger partial charge >= 0.3 is 0 Å². The highest BCUT2D eigenvalue weighted by Crippen LogP contribution is 2.38. The quantitative estimate of drug-likeness (QED) is 0.386. The maximum Gasteiger partial charge on any atom is 0.230 e. The molecule has 1 saturated heterocycles. The number of aliphatic imine (C=N–C) groups is 1. The Bertz CT molecular complexity index is 442. The minimum Gasteiger partial charge on any atom is -0.379 e. The molecule has 0 radical (unpaired) electrons. The molecule has 0 bridgehead atoms. The molecule has 1 heterocycles. The summed E-state index contributed by atoms with van der Waals surface area (Å²) in [5.74, 6) is 0.974. The Labute approximate surface area is 151 Å². The molecular weight excluding hydrogens is 320 g/mol. The number of hydrogen-bond acceptors (Lipinski definition) is 4. The lowest BCUT2D eigenvalue weighted by Gasteiger charge is -2.31. The molecule has 7 heteroatoms. The lowest BCUT2D eigenvalue weighted by molar-refractivity contribution is -0.138. The minimum atomic E-state index is -0.285. The molecule has 1 atom stereocenters. The van der Waals surface area contributed by atoms with Gasteiger partial charge in [0.2, 0.25) is 5.91 Å². The summed E-state index contributed by atoms with van der Waals surface area (Å²) >= 11 is 0. The Morgan fingerprint density at radius 1 is 1.32 bits per heavy atom. The summed E-state index contributed by atoms with van der Waals surface area (Å²) < 4.78 is 11.1. The zero-order valence-electron chi connectivity index (χ0n) is 16.0. The van der Waals surface area contributed by atoms with E-state index in [2.05, 4.69) is 15.6 Å². The van der Waals surface area contributed by atoms with E-state index in [-0.39, 0.29) is 17.4 Å². The second-order valence-corrected chi connectivity index (χ2v) is 7.25. The van der Waals surface area contributed by atoms with E-state index in [1.807, 2.05) is 14.1 Å². The van der Waals surface area contributed by atoms with Gasteiger partial charge in [-0.25, -0.2) is 0 Å². The van der Waals surface area contributed by atoms with E-state index in [0.29, 0.717) is 6.54 Å². The van der Waals surface area contributed by atoms with Crippen molar-refractivity contribution >= 4 is 11.9 Å². The van der Waals surface area contributed by atoms with Crippen LogP contribution >= 0.6 is 0 Å². The molecule has 2 fully saturated rings. The molecule has 0 aromatic rings. The van der Waals surface area contributed by atoms with Crippen molar-refractivity contribution in [3.8, 4) is 0 Å². The van der Waals surface area contributed by atoms with Gasteiger partial charge in [-0.1, -0.05) is 12.8 Å². The zero-order valence-corrected chi connectivity index (χ0v) is 16.0. The van der Waals surface area contributed by atoms with Crippen molar-refractivity contribution < 1.29 is 14.3 Å². The number of carbonyl (C=O) groups is 1. The Balaban J connectivity index is 1.68. The molecule has 7 nitrogen and oxygen atoms in total. The molecular formula is C18H34N4O3. The fourth-order valence-electron chi connectivity index (χ4n) is 3.64. The topological polar surface area (TPSA) is 75.2 Å². The Morgan fingerprint density at radius 2 is 2.08 bits per heavy atom. The summed E-state index contributed by atoms with van der Waals surface area (Å²) in [5.41, 5.74) is -0.285. The Hall–Kier alpha value is -1.34. The molecule has 2 aliphatic rings. The molecule has 0 spiro atoms. The van der Waals surface area contributed by atoms with Crippen LogP contribution in [0.5, 0.6) is 0 Å². The maximum atomic E-state index is 12.6. The van der Waals surface area contributed by atoms with Crippen molar-refractivity contribution in [1.29, 1.82) is 0 Å². The van der Waals surface area contributed by atoms with Gasteiger partial charge in [0.25, 0.3) is 0 Å². The van der Waals surface area contributed by atoms with E-state index in [0.717, 1.165) is 70.8 Å². The molecule has 1 unspecified atom stereocenters. The number of guanidine groups is 1. The number of amides is 1.